The average molecular weight is 226 g/mol. The van der Waals surface area contributed by atoms with Crippen LogP contribution in [-0.2, 0) is 4.79 Å². The van der Waals surface area contributed by atoms with E-state index in [0.29, 0.717) is 0 Å². The Morgan fingerprint density at radius 3 is 2.20 bits per heavy atom. The van der Waals surface area contributed by atoms with Gasteiger partial charge in [0.1, 0.15) is 0 Å². The van der Waals surface area contributed by atoms with E-state index in [2.05, 4.69) is 5.32 Å². The summed E-state index contributed by atoms with van der Waals surface area (Å²) in [7, 11) is 0. The molecule has 0 aromatic rings. The summed E-state index contributed by atoms with van der Waals surface area (Å²) in [6.07, 6.45) is -5.96. The lowest BCUT2D eigenvalue weighted by molar-refractivity contribution is -0.144. The van der Waals surface area contributed by atoms with Gasteiger partial charge in [-0.25, -0.2) is 0 Å². The smallest absolute Gasteiger partial charge is 0.350 e. The van der Waals surface area contributed by atoms with Crippen molar-refractivity contribution in [3.8, 4) is 0 Å². The number of carbonyl (C=O) groups is 1. The molecule has 0 spiro atoms. The first-order valence-electron chi connectivity index (χ1n) is 4.68. The monoisotopic (exact) mass is 226 g/mol. The Bertz CT molecular complexity index is 224. The van der Waals surface area contributed by atoms with Gasteiger partial charge >= 0.3 is 6.18 Å². The zero-order chi connectivity index (χ0) is 12.3. The van der Waals surface area contributed by atoms with Crippen molar-refractivity contribution in [3.63, 3.8) is 0 Å². The van der Waals surface area contributed by atoms with Crippen molar-refractivity contribution < 1.29 is 18.0 Å². The molecule has 0 heterocycles. The molecule has 1 amide bonds. The molecule has 0 aromatic heterocycles. The minimum Gasteiger partial charge on any atom is -0.350 e. The fraction of sp³-hybridized carbons (Fsp3) is 0.889. The van der Waals surface area contributed by atoms with E-state index < -0.39 is 30.5 Å². The van der Waals surface area contributed by atoms with Crippen LogP contribution in [0.5, 0.6) is 0 Å². The average Bonchev–Trinajstić information content (AvgIpc) is 1.98. The lowest BCUT2D eigenvalue weighted by Crippen LogP contribution is -2.54. The minimum absolute atomic E-state index is 0.327. The maximum atomic E-state index is 11.8. The van der Waals surface area contributed by atoms with E-state index in [1.54, 1.807) is 20.8 Å². The van der Waals surface area contributed by atoms with E-state index in [0.717, 1.165) is 0 Å². The molecule has 0 saturated carbocycles. The number of hydrogen-bond donors (Lipinski definition) is 2. The molecule has 0 bridgehead atoms. The standard InChI is InChI=1S/C9H17F3N2O/c1-6(13)8(2,3)14-7(15)4-5-9(10,11)12/h6H,4-5,13H2,1-3H3,(H,14,15). The molecule has 3 N–H and O–H groups in total. The number of nitrogens with two attached hydrogens (primary N) is 1. The Hall–Kier alpha value is -0.780. The Kier molecular flexibility index (Phi) is 4.58. The molecule has 0 saturated heterocycles. The zero-order valence-corrected chi connectivity index (χ0v) is 9.11. The molecule has 0 aliphatic carbocycles. The van der Waals surface area contributed by atoms with Gasteiger partial charge in [-0.3, -0.25) is 4.79 Å². The molecular weight excluding hydrogens is 209 g/mol. The van der Waals surface area contributed by atoms with Crippen molar-refractivity contribution in [1.82, 2.24) is 5.32 Å². The van der Waals surface area contributed by atoms with Crippen molar-refractivity contribution in [2.45, 2.75) is 51.4 Å². The maximum absolute atomic E-state index is 11.8. The Balaban J connectivity index is 4.05. The Morgan fingerprint density at radius 1 is 1.40 bits per heavy atom. The number of amides is 1. The predicted molar refractivity (Wildman–Crippen MR) is 51.2 cm³/mol. The van der Waals surface area contributed by atoms with Gasteiger partial charge in [0, 0.05) is 18.0 Å². The first-order valence-corrected chi connectivity index (χ1v) is 4.68. The molecule has 1 unspecified atom stereocenters. The molecule has 1 atom stereocenters. The van der Waals surface area contributed by atoms with E-state index in [4.69, 9.17) is 5.73 Å². The van der Waals surface area contributed by atoms with Gasteiger partial charge in [-0.15, -0.1) is 0 Å². The van der Waals surface area contributed by atoms with Gasteiger partial charge in [0.05, 0.1) is 6.42 Å². The zero-order valence-electron chi connectivity index (χ0n) is 9.11. The van der Waals surface area contributed by atoms with Gasteiger partial charge in [-0.2, -0.15) is 13.2 Å². The fourth-order valence-corrected chi connectivity index (χ4v) is 0.791. The largest absolute Gasteiger partial charge is 0.389 e. The highest BCUT2D eigenvalue weighted by Gasteiger charge is 2.30. The van der Waals surface area contributed by atoms with Crippen LogP contribution in [0, 0.1) is 0 Å². The molecule has 90 valence electrons. The molecule has 0 aliphatic heterocycles. The minimum atomic E-state index is -4.30. The quantitative estimate of drug-likeness (QED) is 0.764. The summed E-state index contributed by atoms with van der Waals surface area (Å²) in [6, 6.07) is -0.327. The van der Waals surface area contributed by atoms with E-state index >= 15 is 0 Å². The number of halogens is 3. The summed E-state index contributed by atoms with van der Waals surface area (Å²) < 4.78 is 35.4. The van der Waals surface area contributed by atoms with Gasteiger partial charge in [0.15, 0.2) is 0 Å². The van der Waals surface area contributed by atoms with E-state index in [9.17, 15) is 18.0 Å². The van der Waals surface area contributed by atoms with Crippen LogP contribution in [0.25, 0.3) is 0 Å². The number of nitrogens with one attached hydrogen (secondary N) is 1. The van der Waals surface area contributed by atoms with Crippen molar-refractivity contribution in [2.75, 3.05) is 0 Å². The first-order chi connectivity index (χ1) is 6.54. The van der Waals surface area contributed by atoms with Crippen LogP contribution in [-0.4, -0.2) is 23.7 Å². The van der Waals surface area contributed by atoms with Crippen molar-refractivity contribution in [2.24, 2.45) is 5.73 Å². The molecule has 3 nitrogen and oxygen atoms in total. The van der Waals surface area contributed by atoms with Crippen LogP contribution in [0.3, 0.4) is 0 Å². The highest BCUT2D eigenvalue weighted by molar-refractivity contribution is 5.76. The van der Waals surface area contributed by atoms with Crippen molar-refractivity contribution in [3.05, 3.63) is 0 Å². The highest BCUT2D eigenvalue weighted by atomic mass is 19.4. The summed E-state index contributed by atoms with van der Waals surface area (Å²) in [5.74, 6) is -0.630. The molecule has 0 aromatic carbocycles. The van der Waals surface area contributed by atoms with E-state index in [1.165, 1.54) is 0 Å². The SMILES string of the molecule is CC(N)C(C)(C)NC(=O)CCC(F)(F)F. The number of alkyl halides is 3. The summed E-state index contributed by atoms with van der Waals surface area (Å²) in [5, 5.41) is 2.46. The molecule has 0 radical (unpaired) electrons. The number of rotatable bonds is 4. The Morgan fingerprint density at radius 2 is 1.87 bits per heavy atom. The topological polar surface area (TPSA) is 55.1 Å². The van der Waals surface area contributed by atoms with Crippen LogP contribution in [0.1, 0.15) is 33.6 Å². The fourth-order valence-electron chi connectivity index (χ4n) is 0.791. The maximum Gasteiger partial charge on any atom is 0.389 e. The molecule has 15 heavy (non-hydrogen) atoms. The molecule has 0 fully saturated rings. The summed E-state index contributed by atoms with van der Waals surface area (Å²) in [6.45, 7) is 5.02. The Labute approximate surface area is 87.2 Å². The molecule has 6 heteroatoms. The highest BCUT2D eigenvalue weighted by Crippen LogP contribution is 2.21. The molecule has 0 rings (SSSR count). The summed E-state index contributed by atoms with van der Waals surface area (Å²) >= 11 is 0. The van der Waals surface area contributed by atoms with Crippen LogP contribution in [0.15, 0.2) is 0 Å². The number of hydrogen-bond acceptors (Lipinski definition) is 2. The van der Waals surface area contributed by atoms with Gasteiger partial charge < -0.3 is 11.1 Å². The first kappa shape index (κ1) is 14.2. The van der Waals surface area contributed by atoms with Gasteiger partial charge in [0.25, 0.3) is 0 Å². The predicted octanol–water partition coefficient (Wildman–Crippen LogP) is 1.57. The van der Waals surface area contributed by atoms with Crippen LogP contribution in [0.4, 0.5) is 13.2 Å². The lowest BCUT2D eigenvalue weighted by atomic mass is 9.96. The third-order valence-corrected chi connectivity index (χ3v) is 2.24. The van der Waals surface area contributed by atoms with E-state index in [1.807, 2.05) is 0 Å². The van der Waals surface area contributed by atoms with Gasteiger partial charge in [0.2, 0.25) is 5.91 Å². The summed E-state index contributed by atoms with van der Waals surface area (Å²) in [4.78, 5) is 11.1. The number of carbonyl (C=O) groups excluding carboxylic acids is 1. The third-order valence-electron chi connectivity index (χ3n) is 2.24. The van der Waals surface area contributed by atoms with Crippen molar-refractivity contribution >= 4 is 5.91 Å². The van der Waals surface area contributed by atoms with Crippen molar-refractivity contribution in [1.29, 1.82) is 0 Å². The third kappa shape index (κ3) is 6.33. The normalized spacial score (nSPS) is 14.9. The second kappa shape index (κ2) is 4.83. The van der Waals surface area contributed by atoms with Crippen LogP contribution >= 0.6 is 0 Å². The lowest BCUT2D eigenvalue weighted by Gasteiger charge is -2.30. The van der Waals surface area contributed by atoms with Gasteiger partial charge in [-0.1, -0.05) is 0 Å². The van der Waals surface area contributed by atoms with Crippen LogP contribution < -0.4 is 11.1 Å². The summed E-state index contributed by atoms with van der Waals surface area (Å²) in [5.41, 5.74) is 4.87. The second-order valence-corrected chi connectivity index (χ2v) is 4.17. The second-order valence-electron chi connectivity index (χ2n) is 4.17. The molecular formula is C9H17F3N2O. The van der Waals surface area contributed by atoms with E-state index in [-0.39, 0.29) is 6.04 Å². The van der Waals surface area contributed by atoms with Crippen LogP contribution in [0.2, 0.25) is 0 Å². The van der Waals surface area contributed by atoms with Gasteiger partial charge in [-0.05, 0) is 20.8 Å². The molecule has 0 aliphatic rings.